The maximum atomic E-state index is 12.7. The predicted molar refractivity (Wildman–Crippen MR) is 115 cm³/mol. The van der Waals surface area contributed by atoms with Crippen molar-refractivity contribution in [2.45, 2.75) is 13.0 Å². The number of hydrogen-bond acceptors (Lipinski definition) is 7. The quantitative estimate of drug-likeness (QED) is 0.493. The van der Waals surface area contributed by atoms with Crippen LogP contribution in [0.1, 0.15) is 22.5 Å². The summed E-state index contributed by atoms with van der Waals surface area (Å²) in [4.78, 5) is 20.4. The molecule has 9 heteroatoms. The number of aromatic amines is 1. The van der Waals surface area contributed by atoms with Gasteiger partial charge in [0.1, 0.15) is 11.4 Å². The maximum Gasteiger partial charge on any atom is 0.359 e. The van der Waals surface area contributed by atoms with Crippen LogP contribution in [0.25, 0.3) is 33.4 Å². The Morgan fingerprint density at radius 1 is 1.28 bits per heavy atom. The Morgan fingerprint density at radius 3 is 2.94 bits per heavy atom. The Kier molecular flexibility index (Phi) is 4.75. The van der Waals surface area contributed by atoms with Crippen molar-refractivity contribution >= 4 is 17.0 Å². The molecule has 4 aromatic rings. The molecule has 1 aromatic carbocycles. The second-order valence-electron chi connectivity index (χ2n) is 7.24. The van der Waals surface area contributed by atoms with Gasteiger partial charge in [-0.15, -0.1) is 0 Å². The maximum absolute atomic E-state index is 12.7. The molecule has 0 fully saturated rings. The van der Waals surface area contributed by atoms with Crippen molar-refractivity contribution in [2.75, 3.05) is 20.8 Å². The van der Waals surface area contributed by atoms with E-state index in [1.807, 2.05) is 12.1 Å². The lowest BCUT2D eigenvalue weighted by atomic mass is 9.95. The highest BCUT2D eigenvalue weighted by atomic mass is 16.5. The molecule has 3 aromatic heterocycles. The molecule has 9 nitrogen and oxygen atoms in total. The molecule has 0 amide bonds. The van der Waals surface area contributed by atoms with Gasteiger partial charge in [-0.3, -0.25) is 0 Å². The fraction of sp³-hybridized carbons (Fsp3) is 0.217. The second kappa shape index (κ2) is 7.74. The molecule has 0 unspecified atom stereocenters. The van der Waals surface area contributed by atoms with Crippen molar-refractivity contribution in [2.24, 2.45) is 0 Å². The number of benzene rings is 1. The summed E-state index contributed by atoms with van der Waals surface area (Å²) in [5, 5.41) is 15.1. The molecular formula is C23H19N5O4. The van der Waals surface area contributed by atoms with Crippen molar-refractivity contribution in [3.8, 4) is 40.1 Å². The van der Waals surface area contributed by atoms with Gasteiger partial charge in [-0.1, -0.05) is 0 Å². The lowest BCUT2D eigenvalue weighted by Crippen LogP contribution is -2.15. The first-order valence-corrected chi connectivity index (χ1v) is 10.0. The number of methoxy groups -OCH3 is 2. The first-order valence-electron chi connectivity index (χ1n) is 10.0. The molecule has 1 aliphatic heterocycles. The summed E-state index contributed by atoms with van der Waals surface area (Å²) in [6.07, 6.45) is 2.46. The van der Waals surface area contributed by atoms with Gasteiger partial charge in [-0.05, 0) is 30.3 Å². The van der Waals surface area contributed by atoms with E-state index in [4.69, 9.17) is 14.2 Å². The van der Waals surface area contributed by atoms with Crippen molar-refractivity contribution in [1.29, 1.82) is 5.26 Å². The van der Waals surface area contributed by atoms with Gasteiger partial charge in [-0.25, -0.2) is 14.5 Å². The molecule has 0 spiro atoms. The number of aromatic nitrogens is 4. The normalized spacial score (nSPS) is 12.7. The average Bonchev–Trinajstić information content (AvgIpc) is 3.41. The number of nitrogens with zero attached hydrogens (tertiary/aromatic N) is 4. The van der Waals surface area contributed by atoms with Crippen LogP contribution in [0.4, 0.5) is 0 Å². The predicted octanol–water partition coefficient (Wildman–Crippen LogP) is 3.54. The smallest absolute Gasteiger partial charge is 0.359 e. The van der Waals surface area contributed by atoms with Crippen molar-refractivity contribution < 1.29 is 19.0 Å². The summed E-state index contributed by atoms with van der Waals surface area (Å²) in [5.41, 5.74) is 3.61. The molecule has 1 aliphatic rings. The van der Waals surface area contributed by atoms with Crippen LogP contribution in [0.5, 0.6) is 11.6 Å². The van der Waals surface area contributed by atoms with Crippen LogP contribution in [0.2, 0.25) is 0 Å². The first kappa shape index (κ1) is 19.6. The van der Waals surface area contributed by atoms with Crippen molar-refractivity contribution in [1.82, 2.24) is 19.7 Å². The van der Waals surface area contributed by atoms with Crippen LogP contribution in [-0.2, 0) is 11.3 Å². The topological polar surface area (TPSA) is 115 Å². The molecule has 4 heterocycles. The molecule has 0 saturated carbocycles. The van der Waals surface area contributed by atoms with Gasteiger partial charge in [0.15, 0.2) is 5.69 Å². The second-order valence-corrected chi connectivity index (χ2v) is 7.24. The van der Waals surface area contributed by atoms with E-state index in [1.165, 1.54) is 7.11 Å². The van der Waals surface area contributed by atoms with E-state index in [9.17, 15) is 10.1 Å². The third-order valence-electron chi connectivity index (χ3n) is 5.47. The van der Waals surface area contributed by atoms with E-state index >= 15 is 0 Å². The Balaban J connectivity index is 1.89. The van der Waals surface area contributed by atoms with E-state index in [1.54, 1.807) is 36.2 Å². The van der Waals surface area contributed by atoms with E-state index in [0.717, 1.165) is 11.8 Å². The van der Waals surface area contributed by atoms with Gasteiger partial charge in [0, 0.05) is 35.7 Å². The van der Waals surface area contributed by atoms with Crippen LogP contribution in [0, 0.1) is 11.3 Å². The van der Waals surface area contributed by atoms with E-state index in [2.05, 4.69) is 21.1 Å². The van der Waals surface area contributed by atoms with E-state index in [-0.39, 0.29) is 5.69 Å². The molecule has 0 atom stereocenters. The minimum atomic E-state index is -0.575. The lowest BCUT2D eigenvalue weighted by Gasteiger charge is -2.16. The number of fused-ring (bicyclic) bond motifs is 2. The number of ether oxygens (including phenoxy) is 3. The fourth-order valence-corrected chi connectivity index (χ4v) is 4.04. The molecular weight excluding hydrogens is 410 g/mol. The van der Waals surface area contributed by atoms with Crippen LogP contribution < -0.4 is 9.47 Å². The van der Waals surface area contributed by atoms with Crippen LogP contribution in [-0.4, -0.2) is 46.5 Å². The molecule has 0 radical (unpaired) electrons. The van der Waals surface area contributed by atoms with Crippen LogP contribution in [0.3, 0.4) is 0 Å². The third-order valence-corrected chi connectivity index (χ3v) is 5.47. The van der Waals surface area contributed by atoms with Crippen molar-refractivity contribution in [3.63, 3.8) is 0 Å². The van der Waals surface area contributed by atoms with Crippen LogP contribution >= 0.6 is 0 Å². The van der Waals surface area contributed by atoms with Gasteiger partial charge >= 0.3 is 5.97 Å². The summed E-state index contributed by atoms with van der Waals surface area (Å²) < 4.78 is 18.0. The molecule has 0 bridgehead atoms. The minimum absolute atomic E-state index is 0.138. The highest BCUT2D eigenvalue weighted by Gasteiger charge is 2.32. The highest BCUT2D eigenvalue weighted by molar-refractivity contribution is 6.07. The zero-order chi connectivity index (χ0) is 22.2. The zero-order valence-corrected chi connectivity index (χ0v) is 17.5. The summed E-state index contributed by atoms with van der Waals surface area (Å²) in [6, 6.07) is 11.2. The molecule has 160 valence electrons. The number of esters is 1. The zero-order valence-electron chi connectivity index (χ0n) is 17.5. The number of nitriles is 1. The third kappa shape index (κ3) is 2.96. The van der Waals surface area contributed by atoms with E-state index < -0.39 is 5.97 Å². The van der Waals surface area contributed by atoms with Gasteiger partial charge in [-0.2, -0.15) is 10.4 Å². The highest BCUT2D eigenvalue weighted by Crippen LogP contribution is 2.45. The largest absolute Gasteiger partial charge is 0.497 e. The average molecular weight is 429 g/mol. The minimum Gasteiger partial charge on any atom is -0.497 e. The molecule has 32 heavy (non-hydrogen) atoms. The summed E-state index contributed by atoms with van der Waals surface area (Å²) in [5.74, 6) is 0.504. The number of carbonyl (C=O) groups is 1. The Hall–Kier alpha value is -4.32. The van der Waals surface area contributed by atoms with Gasteiger partial charge < -0.3 is 19.2 Å². The first-order chi connectivity index (χ1) is 15.7. The number of H-pyrrole nitrogens is 1. The summed E-state index contributed by atoms with van der Waals surface area (Å²) >= 11 is 0. The molecule has 0 saturated heterocycles. The van der Waals surface area contributed by atoms with E-state index in [0.29, 0.717) is 58.4 Å². The van der Waals surface area contributed by atoms with Crippen molar-refractivity contribution in [3.05, 3.63) is 47.8 Å². The SMILES string of the molecule is COC(=O)c1nn2c(c1-c1[nH]c3ncccc3c1-c1cc(OC)ccc1C#N)OCCC2. The summed E-state index contributed by atoms with van der Waals surface area (Å²) in [6.45, 7) is 1.13. The van der Waals surface area contributed by atoms with Gasteiger partial charge in [0.25, 0.3) is 0 Å². The number of aryl methyl sites for hydroxylation is 1. The standard InChI is InChI=1S/C23H19N5O4/c1-30-14-7-6-13(12-24)16(11-14)17-15-5-3-8-25-21(15)26-19(17)18-20(23(29)31-2)27-28-9-4-10-32-22(18)28/h3,5-8,11H,4,9-10H2,1-2H3,(H,25,26). The fourth-order valence-electron chi connectivity index (χ4n) is 4.04. The Morgan fingerprint density at radius 2 is 2.16 bits per heavy atom. The Labute approximate surface area is 183 Å². The summed E-state index contributed by atoms with van der Waals surface area (Å²) in [7, 11) is 2.88. The number of carbonyl (C=O) groups excluding carboxylic acids is 1. The number of hydrogen-bond donors (Lipinski definition) is 1. The number of nitrogens with one attached hydrogen (secondary N) is 1. The van der Waals surface area contributed by atoms with Crippen LogP contribution in [0.15, 0.2) is 36.5 Å². The Bertz CT molecular complexity index is 1400. The molecule has 0 aliphatic carbocycles. The van der Waals surface area contributed by atoms with Gasteiger partial charge in [0.2, 0.25) is 5.88 Å². The molecule has 5 rings (SSSR count). The van der Waals surface area contributed by atoms with Gasteiger partial charge in [0.05, 0.1) is 43.7 Å². The lowest BCUT2D eigenvalue weighted by molar-refractivity contribution is 0.0593. The monoisotopic (exact) mass is 429 g/mol. The number of rotatable bonds is 4. The number of pyridine rings is 1. The molecule has 1 N–H and O–H groups in total.